The molecule has 0 saturated heterocycles. The van der Waals surface area contributed by atoms with Gasteiger partial charge in [-0.2, -0.15) is 0 Å². The molecule has 1 heterocycles. The number of nitrogens with one attached hydrogen (secondary N) is 1. The molecule has 0 radical (unpaired) electrons. The second-order valence-corrected chi connectivity index (χ2v) is 4.94. The predicted octanol–water partition coefficient (Wildman–Crippen LogP) is 3.07. The number of hydrogen-bond acceptors (Lipinski definition) is 3. The highest BCUT2D eigenvalue weighted by Crippen LogP contribution is 2.24. The van der Waals surface area contributed by atoms with Crippen LogP contribution in [0.3, 0.4) is 0 Å². The molecule has 1 saturated carbocycles. The molecule has 17 heavy (non-hydrogen) atoms. The Labute approximate surface area is 104 Å². The molecule has 3 heteroatoms. The molecule has 0 aliphatic heterocycles. The first kappa shape index (κ1) is 12.4. The van der Waals surface area contributed by atoms with E-state index in [0.717, 1.165) is 24.2 Å². The molecule has 1 aromatic heterocycles. The van der Waals surface area contributed by atoms with E-state index in [-0.39, 0.29) is 0 Å². The minimum Gasteiger partial charge on any atom is -0.381 e. The molecule has 0 bridgehead atoms. The third kappa shape index (κ3) is 3.19. The molecule has 0 atom stereocenters. The molecule has 0 unspecified atom stereocenters. The fraction of sp³-hybridized carbons (Fsp3) is 0.643. The van der Waals surface area contributed by atoms with Crippen molar-refractivity contribution in [3.63, 3.8) is 0 Å². The van der Waals surface area contributed by atoms with Crippen molar-refractivity contribution < 1.29 is 4.74 Å². The molecule has 1 aromatic rings. The Morgan fingerprint density at radius 3 is 2.47 bits per heavy atom. The minimum atomic E-state index is 0.463. The molecular weight excluding hydrogens is 212 g/mol. The Morgan fingerprint density at radius 1 is 1.18 bits per heavy atom. The Balaban J connectivity index is 1.93. The average Bonchev–Trinajstić information content (AvgIpc) is 2.34. The number of aryl methyl sites for hydroxylation is 2. The van der Waals surface area contributed by atoms with Gasteiger partial charge in [0.25, 0.3) is 0 Å². The lowest BCUT2D eigenvalue weighted by molar-refractivity contribution is 0.0682. The van der Waals surface area contributed by atoms with Crippen LogP contribution in [0.1, 0.15) is 37.1 Å². The monoisotopic (exact) mass is 234 g/mol. The van der Waals surface area contributed by atoms with Gasteiger partial charge in [0.15, 0.2) is 0 Å². The summed E-state index contributed by atoms with van der Waals surface area (Å²) in [6.07, 6.45) is 5.15. The van der Waals surface area contributed by atoms with Crippen LogP contribution in [-0.2, 0) is 4.74 Å². The lowest BCUT2D eigenvalue weighted by atomic mass is 9.93. The highest BCUT2D eigenvalue weighted by Gasteiger charge is 2.20. The maximum Gasteiger partial charge on any atom is 0.0606 e. The molecule has 1 aliphatic rings. The molecule has 1 N–H and O–H groups in total. The number of aromatic nitrogens is 1. The van der Waals surface area contributed by atoms with E-state index in [2.05, 4.69) is 29.4 Å². The number of rotatable bonds is 3. The number of anilines is 1. The Morgan fingerprint density at radius 2 is 1.88 bits per heavy atom. The van der Waals surface area contributed by atoms with Crippen LogP contribution in [0.4, 0.5) is 5.69 Å². The van der Waals surface area contributed by atoms with Gasteiger partial charge in [-0.15, -0.1) is 0 Å². The van der Waals surface area contributed by atoms with Crippen molar-refractivity contribution in [1.82, 2.24) is 4.98 Å². The summed E-state index contributed by atoms with van der Waals surface area (Å²) in [4.78, 5) is 4.48. The summed E-state index contributed by atoms with van der Waals surface area (Å²) in [7, 11) is 1.81. The largest absolute Gasteiger partial charge is 0.381 e. The first-order valence-electron chi connectivity index (χ1n) is 6.42. The smallest absolute Gasteiger partial charge is 0.0606 e. The molecule has 0 aromatic carbocycles. The third-order valence-corrected chi connectivity index (χ3v) is 3.59. The van der Waals surface area contributed by atoms with Crippen LogP contribution in [0.5, 0.6) is 0 Å². The van der Waals surface area contributed by atoms with Gasteiger partial charge in [-0.25, -0.2) is 0 Å². The predicted molar refractivity (Wildman–Crippen MR) is 70.4 cm³/mol. The number of hydrogen-bond donors (Lipinski definition) is 1. The van der Waals surface area contributed by atoms with Crippen LogP contribution in [-0.4, -0.2) is 24.2 Å². The molecule has 0 spiro atoms. The number of nitrogens with zero attached hydrogens (tertiary/aromatic N) is 1. The summed E-state index contributed by atoms with van der Waals surface area (Å²) in [6.45, 7) is 4.09. The van der Waals surface area contributed by atoms with Crippen molar-refractivity contribution in [2.24, 2.45) is 0 Å². The maximum atomic E-state index is 5.39. The summed E-state index contributed by atoms with van der Waals surface area (Å²) >= 11 is 0. The zero-order valence-electron chi connectivity index (χ0n) is 11.0. The Hall–Kier alpha value is -1.09. The summed E-state index contributed by atoms with van der Waals surface area (Å²) in [6, 6.07) is 4.78. The van der Waals surface area contributed by atoms with Crippen LogP contribution in [0, 0.1) is 13.8 Å². The number of pyridine rings is 1. The van der Waals surface area contributed by atoms with E-state index >= 15 is 0 Å². The van der Waals surface area contributed by atoms with Gasteiger partial charge in [0, 0.05) is 18.8 Å². The van der Waals surface area contributed by atoms with Crippen molar-refractivity contribution in [1.29, 1.82) is 0 Å². The van der Waals surface area contributed by atoms with Crippen LogP contribution < -0.4 is 5.32 Å². The van der Waals surface area contributed by atoms with Crippen molar-refractivity contribution in [2.75, 3.05) is 12.4 Å². The Bertz CT molecular complexity index is 370. The highest BCUT2D eigenvalue weighted by atomic mass is 16.5. The van der Waals surface area contributed by atoms with Gasteiger partial charge < -0.3 is 10.1 Å². The van der Waals surface area contributed by atoms with E-state index < -0.39 is 0 Å². The fourth-order valence-corrected chi connectivity index (χ4v) is 2.50. The fourth-order valence-electron chi connectivity index (χ4n) is 2.50. The van der Waals surface area contributed by atoms with Crippen molar-refractivity contribution in [3.8, 4) is 0 Å². The zero-order chi connectivity index (χ0) is 12.3. The van der Waals surface area contributed by atoms with E-state index in [4.69, 9.17) is 4.74 Å². The first-order valence-corrected chi connectivity index (χ1v) is 6.42. The average molecular weight is 234 g/mol. The van der Waals surface area contributed by atoms with Crippen LogP contribution in [0.2, 0.25) is 0 Å². The number of methoxy groups -OCH3 is 1. The second-order valence-electron chi connectivity index (χ2n) is 4.94. The summed E-state index contributed by atoms with van der Waals surface area (Å²) in [5.41, 5.74) is 3.35. The standard InChI is InChI=1S/C14H22N2O/c1-10-4-9-14(11(2)15-10)16-12-5-7-13(17-3)8-6-12/h4,9,12-13,16H,5-8H2,1-3H3. The summed E-state index contributed by atoms with van der Waals surface area (Å²) in [5, 5.41) is 3.60. The first-order chi connectivity index (χ1) is 8.19. The molecule has 2 rings (SSSR count). The number of ether oxygens (including phenoxy) is 1. The van der Waals surface area contributed by atoms with E-state index in [9.17, 15) is 0 Å². The summed E-state index contributed by atoms with van der Waals surface area (Å²) < 4.78 is 5.39. The van der Waals surface area contributed by atoms with E-state index in [0.29, 0.717) is 12.1 Å². The topological polar surface area (TPSA) is 34.1 Å². The Kier molecular flexibility index (Phi) is 4.00. The quantitative estimate of drug-likeness (QED) is 0.872. The van der Waals surface area contributed by atoms with Crippen LogP contribution >= 0.6 is 0 Å². The lowest BCUT2D eigenvalue weighted by Crippen LogP contribution is -2.29. The van der Waals surface area contributed by atoms with Crippen molar-refractivity contribution in [3.05, 3.63) is 23.5 Å². The van der Waals surface area contributed by atoms with Crippen LogP contribution in [0.15, 0.2) is 12.1 Å². The third-order valence-electron chi connectivity index (χ3n) is 3.59. The zero-order valence-corrected chi connectivity index (χ0v) is 11.0. The second kappa shape index (κ2) is 5.50. The van der Waals surface area contributed by atoms with Gasteiger partial charge in [0.1, 0.15) is 0 Å². The summed E-state index contributed by atoms with van der Waals surface area (Å²) in [5.74, 6) is 0. The normalized spacial score (nSPS) is 24.6. The van der Waals surface area contributed by atoms with E-state index in [1.54, 1.807) is 0 Å². The molecule has 1 aliphatic carbocycles. The van der Waals surface area contributed by atoms with Crippen LogP contribution in [0.25, 0.3) is 0 Å². The van der Waals surface area contributed by atoms with Crippen molar-refractivity contribution in [2.45, 2.75) is 51.7 Å². The van der Waals surface area contributed by atoms with E-state index in [1.807, 2.05) is 14.0 Å². The molecule has 94 valence electrons. The van der Waals surface area contributed by atoms with E-state index in [1.165, 1.54) is 18.5 Å². The molecule has 1 fully saturated rings. The van der Waals surface area contributed by atoms with Crippen molar-refractivity contribution >= 4 is 5.69 Å². The molecule has 3 nitrogen and oxygen atoms in total. The van der Waals surface area contributed by atoms with Gasteiger partial charge in [0.05, 0.1) is 17.5 Å². The SMILES string of the molecule is COC1CCC(Nc2ccc(C)nc2C)CC1. The van der Waals surface area contributed by atoms with Gasteiger partial charge in [-0.1, -0.05) is 0 Å². The van der Waals surface area contributed by atoms with Gasteiger partial charge in [-0.3, -0.25) is 4.98 Å². The molecular formula is C14H22N2O. The lowest BCUT2D eigenvalue weighted by Gasteiger charge is -2.29. The van der Waals surface area contributed by atoms with Gasteiger partial charge in [0.2, 0.25) is 0 Å². The maximum absolute atomic E-state index is 5.39. The molecule has 0 amide bonds. The highest BCUT2D eigenvalue weighted by molar-refractivity contribution is 5.48. The minimum absolute atomic E-state index is 0.463. The van der Waals surface area contributed by atoms with Gasteiger partial charge in [-0.05, 0) is 51.7 Å². The van der Waals surface area contributed by atoms with Gasteiger partial charge >= 0.3 is 0 Å².